The van der Waals surface area contributed by atoms with Crippen molar-refractivity contribution in [1.29, 1.82) is 0 Å². The summed E-state index contributed by atoms with van der Waals surface area (Å²) in [5.74, 6) is 1.98. The first-order valence-electron chi connectivity index (χ1n) is 15.4. The Morgan fingerprint density at radius 2 is 0.711 bits per heavy atom. The Balaban J connectivity index is 1.24. The summed E-state index contributed by atoms with van der Waals surface area (Å²) in [7, 11) is 0. The zero-order chi connectivity index (χ0) is 30.4. The lowest BCUT2D eigenvalue weighted by Crippen LogP contribution is -2.15. The van der Waals surface area contributed by atoms with Crippen LogP contribution in [0.4, 0.5) is 0 Å². The number of aromatic nitrogens is 3. The van der Waals surface area contributed by atoms with Crippen LogP contribution < -0.4 is 0 Å². The third-order valence-electron chi connectivity index (χ3n) is 8.98. The number of fused-ring (bicyclic) bond motifs is 3. The molecule has 0 atom stereocenters. The van der Waals surface area contributed by atoms with Crippen molar-refractivity contribution in [2.24, 2.45) is 0 Å². The van der Waals surface area contributed by atoms with Gasteiger partial charge in [-0.3, -0.25) is 0 Å². The molecule has 1 heterocycles. The highest BCUT2D eigenvalue weighted by molar-refractivity contribution is 5.83. The van der Waals surface area contributed by atoms with Crippen molar-refractivity contribution in [2.45, 2.75) is 19.3 Å². The maximum Gasteiger partial charge on any atom is 0.164 e. The maximum absolute atomic E-state index is 5.07. The molecule has 3 nitrogen and oxygen atoms in total. The van der Waals surface area contributed by atoms with Crippen LogP contribution in [0.2, 0.25) is 0 Å². The van der Waals surface area contributed by atoms with Crippen LogP contribution in [0.5, 0.6) is 0 Å². The van der Waals surface area contributed by atoms with Crippen LogP contribution in [-0.4, -0.2) is 15.0 Å². The molecule has 1 aliphatic rings. The van der Waals surface area contributed by atoms with E-state index in [1.54, 1.807) is 0 Å². The van der Waals surface area contributed by atoms with Gasteiger partial charge in [0.1, 0.15) is 0 Å². The third-order valence-corrected chi connectivity index (χ3v) is 8.98. The highest BCUT2D eigenvalue weighted by atomic mass is 15.0. The van der Waals surface area contributed by atoms with Gasteiger partial charge in [0.25, 0.3) is 0 Å². The summed E-state index contributed by atoms with van der Waals surface area (Å²) in [6.07, 6.45) is 0. The van der Waals surface area contributed by atoms with Crippen LogP contribution >= 0.6 is 0 Å². The normalized spacial score (nSPS) is 12.8. The van der Waals surface area contributed by atoms with E-state index in [1.807, 2.05) is 12.1 Å². The van der Waals surface area contributed by atoms with Gasteiger partial charge in [0.15, 0.2) is 17.5 Å². The maximum atomic E-state index is 5.07. The van der Waals surface area contributed by atoms with E-state index in [4.69, 9.17) is 15.0 Å². The van der Waals surface area contributed by atoms with E-state index >= 15 is 0 Å². The van der Waals surface area contributed by atoms with Crippen LogP contribution in [0.25, 0.3) is 67.5 Å². The van der Waals surface area contributed by atoms with Crippen molar-refractivity contribution < 1.29 is 0 Å². The van der Waals surface area contributed by atoms with Crippen molar-refractivity contribution in [3.63, 3.8) is 0 Å². The molecule has 1 aromatic heterocycles. The van der Waals surface area contributed by atoms with Crippen molar-refractivity contribution in [3.05, 3.63) is 163 Å². The van der Waals surface area contributed by atoms with Gasteiger partial charge in [-0.05, 0) is 50.6 Å². The predicted octanol–water partition coefficient (Wildman–Crippen LogP) is 10.5. The van der Waals surface area contributed by atoms with E-state index in [9.17, 15) is 0 Å². The lowest BCUT2D eigenvalue weighted by molar-refractivity contribution is 0.660. The Morgan fingerprint density at radius 1 is 0.333 bits per heavy atom. The van der Waals surface area contributed by atoms with Crippen molar-refractivity contribution in [3.8, 4) is 67.5 Å². The molecule has 0 aliphatic heterocycles. The smallest absolute Gasteiger partial charge is 0.164 e. The second-order valence-corrected chi connectivity index (χ2v) is 12.1. The molecule has 0 saturated carbocycles. The zero-order valence-electron chi connectivity index (χ0n) is 25.3. The van der Waals surface area contributed by atoms with Crippen LogP contribution in [0.15, 0.2) is 152 Å². The quantitative estimate of drug-likeness (QED) is 0.204. The number of nitrogens with zero attached hydrogens (tertiary/aromatic N) is 3. The molecule has 0 bridgehead atoms. The van der Waals surface area contributed by atoms with Gasteiger partial charge in [0, 0.05) is 22.1 Å². The summed E-state index contributed by atoms with van der Waals surface area (Å²) in [6, 6.07) is 53.2. The van der Waals surface area contributed by atoms with Gasteiger partial charge in [-0.2, -0.15) is 0 Å². The highest BCUT2D eigenvalue weighted by Gasteiger charge is 2.35. The van der Waals surface area contributed by atoms with Crippen LogP contribution in [-0.2, 0) is 5.41 Å². The molecule has 3 heteroatoms. The van der Waals surface area contributed by atoms with E-state index < -0.39 is 0 Å². The molecule has 45 heavy (non-hydrogen) atoms. The molecule has 1 aliphatic carbocycles. The Kier molecular flexibility index (Phi) is 6.46. The lowest BCUT2D eigenvalue weighted by atomic mass is 9.82. The average molecular weight is 578 g/mol. The molecule has 6 aromatic carbocycles. The average Bonchev–Trinajstić information content (AvgIpc) is 3.34. The molecule has 7 aromatic rings. The van der Waals surface area contributed by atoms with Crippen molar-refractivity contribution >= 4 is 0 Å². The summed E-state index contributed by atoms with van der Waals surface area (Å²) in [6.45, 7) is 4.60. The summed E-state index contributed by atoms with van der Waals surface area (Å²) in [5.41, 5.74) is 12.7. The van der Waals surface area contributed by atoms with E-state index in [1.165, 1.54) is 33.4 Å². The molecule has 0 unspecified atom stereocenters. The molecular weight excluding hydrogens is 546 g/mol. The predicted molar refractivity (Wildman–Crippen MR) is 185 cm³/mol. The minimum atomic E-state index is -0.110. The molecule has 0 N–H and O–H groups in total. The first-order chi connectivity index (χ1) is 22.0. The van der Waals surface area contributed by atoms with E-state index in [0.717, 1.165) is 27.8 Å². The number of hydrogen-bond donors (Lipinski definition) is 0. The largest absolute Gasteiger partial charge is 0.208 e. The van der Waals surface area contributed by atoms with Crippen LogP contribution in [0.3, 0.4) is 0 Å². The second kappa shape index (κ2) is 10.8. The summed E-state index contributed by atoms with van der Waals surface area (Å²) in [4.78, 5) is 15.1. The molecule has 0 amide bonds. The van der Waals surface area contributed by atoms with Crippen LogP contribution in [0, 0.1) is 0 Å². The van der Waals surface area contributed by atoms with Gasteiger partial charge < -0.3 is 0 Å². The molecule has 0 spiro atoms. The van der Waals surface area contributed by atoms with Gasteiger partial charge in [-0.15, -0.1) is 0 Å². The number of rotatable bonds is 5. The number of benzene rings is 6. The van der Waals surface area contributed by atoms with Gasteiger partial charge in [0.2, 0.25) is 0 Å². The molecule has 8 rings (SSSR count). The van der Waals surface area contributed by atoms with E-state index in [2.05, 4.69) is 153 Å². The lowest BCUT2D eigenvalue weighted by Gasteiger charge is -2.21. The van der Waals surface area contributed by atoms with E-state index in [-0.39, 0.29) is 5.41 Å². The highest BCUT2D eigenvalue weighted by Crippen LogP contribution is 2.49. The fourth-order valence-corrected chi connectivity index (χ4v) is 6.49. The molecule has 0 saturated heterocycles. The summed E-state index contributed by atoms with van der Waals surface area (Å²) in [5, 5.41) is 0. The van der Waals surface area contributed by atoms with Gasteiger partial charge >= 0.3 is 0 Å². The van der Waals surface area contributed by atoms with Gasteiger partial charge in [-0.25, -0.2) is 15.0 Å². The minimum Gasteiger partial charge on any atom is -0.208 e. The Labute approximate surface area is 264 Å². The Hall–Kier alpha value is -5.67. The fraction of sp³-hybridized carbons (Fsp3) is 0.0714. The van der Waals surface area contributed by atoms with Crippen molar-refractivity contribution in [2.75, 3.05) is 0 Å². The summed E-state index contributed by atoms with van der Waals surface area (Å²) < 4.78 is 0. The van der Waals surface area contributed by atoms with Gasteiger partial charge in [-0.1, -0.05) is 159 Å². The van der Waals surface area contributed by atoms with Gasteiger partial charge in [0.05, 0.1) is 0 Å². The van der Waals surface area contributed by atoms with E-state index in [0.29, 0.717) is 17.5 Å². The standard InChI is InChI=1S/C42H31N3/c1-42(2)37-16-10-9-15-35(37)36-26-25-34(27-38(36)42)41-44-39(32-21-17-30(18-22-32)28-11-5-3-6-12-28)43-40(45-41)33-23-19-31(20-24-33)29-13-7-4-8-14-29/h3-27H,1-2H3. The number of hydrogen-bond acceptors (Lipinski definition) is 3. The first-order valence-corrected chi connectivity index (χ1v) is 15.4. The molecule has 0 fully saturated rings. The molecular formula is C42H31N3. The monoisotopic (exact) mass is 577 g/mol. The zero-order valence-corrected chi connectivity index (χ0v) is 25.3. The fourth-order valence-electron chi connectivity index (χ4n) is 6.49. The molecule has 0 radical (unpaired) electrons. The van der Waals surface area contributed by atoms with Crippen LogP contribution in [0.1, 0.15) is 25.0 Å². The second-order valence-electron chi connectivity index (χ2n) is 12.1. The summed E-state index contributed by atoms with van der Waals surface area (Å²) >= 11 is 0. The topological polar surface area (TPSA) is 38.7 Å². The third kappa shape index (κ3) is 4.83. The first kappa shape index (κ1) is 26.9. The Morgan fingerprint density at radius 3 is 1.24 bits per heavy atom. The van der Waals surface area contributed by atoms with Crippen molar-refractivity contribution in [1.82, 2.24) is 15.0 Å². The minimum absolute atomic E-state index is 0.110. The Bertz CT molecular complexity index is 2050. The molecule has 214 valence electrons. The SMILES string of the molecule is CC1(C)c2ccccc2-c2ccc(-c3nc(-c4ccc(-c5ccccc5)cc4)nc(-c4ccc(-c5ccccc5)cc4)n3)cc21.